The molecule has 0 unspecified atom stereocenters. The molecular weight excluding hydrogens is 463 g/mol. The Morgan fingerprint density at radius 2 is 1.25 bits per heavy atom. The van der Waals surface area contributed by atoms with E-state index in [0.717, 1.165) is 58.5 Å². The highest BCUT2D eigenvalue weighted by molar-refractivity contribution is 7.71. The topological polar surface area (TPSA) is 13.1 Å². The number of hydrogen-bond acceptors (Lipinski definition) is 2. The average Bonchev–Trinajstić information content (AvgIpc) is 2.90. The molecule has 0 aliphatic heterocycles. The summed E-state index contributed by atoms with van der Waals surface area (Å²) in [6.45, 7) is 4.47. The van der Waals surface area contributed by atoms with Crippen LogP contribution in [0.15, 0.2) is 59.0 Å². The number of fused-ring (bicyclic) bond motifs is 3. The van der Waals surface area contributed by atoms with Gasteiger partial charge >= 0.3 is 0 Å². The van der Waals surface area contributed by atoms with Crippen LogP contribution < -0.4 is 0 Å². The number of rotatable bonds is 13. The maximum Gasteiger partial charge on any atom is 0.198 e. The van der Waals surface area contributed by atoms with Crippen LogP contribution >= 0.6 is 12.2 Å². The Kier molecular flexibility index (Phi) is 9.69. The van der Waals surface area contributed by atoms with Gasteiger partial charge in [-0.1, -0.05) is 114 Å². The fourth-order valence-electron chi connectivity index (χ4n) is 5.09. The van der Waals surface area contributed by atoms with Crippen LogP contribution in [-0.2, 0) is 12.8 Å². The fraction of sp³-hybridized carbons (Fsp3) is 0.424. The summed E-state index contributed by atoms with van der Waals surface area (Å²) in [6, 6.07) is 19.0. The molecule has 1 heterocycles. The second-order valence-electron chi connectivity index (χ2n) is 10.1. The summed E-state index contributed by atoms with van der Waals surface area (Å²) in [5.74, 6) is -0.255. The van der Waals surface area contributed by atoms with Gasteiger partial charge in [0, 0.05) is 10.8 Å². The Morgan fingerprint density at radius 1 is 0.639 bits per heavy atom. The monoisotopic (exact) mass is 502 g/mol. The molecular formula is C33H39FOS. The average molecular weight is 503 g/mol. The van der Waals surface area contributed by atoms with E-state index in [-0.39, 0.29) is 11.4 Å². The van der Waals surface area contributed by atoms with Gasteiger partial charge in [-0.05, 0) is 71.6 Å². The summed E-state index contributed by atoms with van der Waals surface area (Å²) in [5, 5.41) is 2.60. The van der Waals surface area contributed by atoms with Gasteiger partial charge < -0.3 is 4.42 Å². The van der Waals surface area contributed by atoms with Crippen molar-refractivity contribution in [2.75, 3.05) is 0 Å². The van der Waals surface area contributed by atoms with E-state index in [1.165, 1.54) is 56.9 Å². The van der Waals surface area contributed by atoms with Gasteiger partial charge in [-0.15, -0.1) is 0 Å². The van der Waals surface area contributed by atoms with E-state index in [2.05, 4.69) is 56.3 Å². The predicted molar refractivity (Wildman–Crippen MR) is 155 cm³/mol. The molecule has 0 atom stereocenters. The second-order valence-corrected chi connectivity index (χ2v) is 10.5. The molecule has 0 bridgehead atoms. The molecule has 0 radical (unpaired) electrons. The molecule has 1 aromatic heterocycles. The van der Waals surface area contributed by atoms with Crippen molar-refractivity contribution in [2.24, 2.45) is 0 Å². The number of aryl methyl sites for hydroxylation is 2. The maximum atomic E-state index is 15.4. The summed E-state index contributed by atoms with van der Waals surface area (Å²) in [6.07, 6.45) is 14.1. The van der Waals surface area contributed by atoms with E-state index in [9.17, 15) is 0 Å². The highest BCUT2D eigenvalue weighted by Gasteiger charge is 2.14. The van der Waals surface area contributed by atoms with Crippen molar-refractivity contribution < 1.29 is 8.81 Å². The van der Waals surface area contributed by atoms with Gasteiger partial charge in [0.1, 0.15) is 0 Å². The lowest BCUT2D eigenvalue weighted by Gasteiger charge is -2.10. The lowest BCUT2D eigenvalue weighted by atomic mass is 9.97. The number of unbranched alkanes of at least 4 members (excludes halogenated alkanes) is 8. The molecule has 0 N–H and O–H groups in total. The molecule has 0 aliphatic rings. The van der Waals surface area contributed by atoms with E-state index in [0.29, 0.717) is 4.71 Å². The third-order valence-electron chi connectivity index (χ3n) is 7.31. The molecule has 0 saturated heterocycles. The van der Waals surface area contributed by atoms with Gasteiger partial charge in [0.25, 0.3) is 0 Å². The van der Waals surface area contributed by atoms with Crippen LogP contribution in [-0.4, -0.2) is 0 Å². The lowest BCUT2D eigenvalue weighted by molar-refractivity contribution is 0.533. The zero-order chi connectivity index (χ0) is 25.3. The fourth-order valence-corrected chi connectivity index (χ4v) is 5.34. The number of benzene rings is 3. The smallest absolute Gasteiger partial charge is 0.198 e. The van der Waals surface area contributed by atoms with Crippen LogP contribution in [0.3, 0.4) is 0 Å². The van der Waals surface area contributed by atoms with E-state index in [1.807, 2.05) is 12.1 Å². The van der Waals surface area contributed by atoms with Gasteiger partial charge in [-0.2, -0.15) is 0 Å². The normalized spacial score (nSPS) is 11.5. The molecule has 3 heteroatoms. The second kappa shape index (κ2) is 13.1. The van der Waals surface area contributed by atoms with Crippen molar-refractivity contribution in [1.82, 2.24) is 0 Å². The predicted octanol–water partition coefficient (Wildman–Crippen LogP) is 11.1. The summed E-state index contributed by atoms with van der Waals surface area (Å²) in [4.78, 5) is 0. The highest BCUT2D eigenvalue weighted by Crippen LogP contribution is 2.33. The minimum Gasteiger partial charge on any atom is -0.441 e. The van der Waals surface area contributed by atoms with Gasteiger partial charge in [0.15, 0.2) is 16.1 Å². The van der Waals surface area contributed by atoms with Gasteiger partial charge in [-0.25, -0.2) is 4.39 Å². The first-order chi connectivity index (χ1) is 17.6. The van der Waals surface area contributed by atoms with Crippen LogP contribution in [0, 0.1) is 10.5 Å². The van der Waals surface area contributed by atoms with Crippen LogP contribution in [0.25, 0.3) is 32.9 Å². The van der Waals surface area contributed by atoms with Crippen molar-refractivity contribution in [3.63, 3.8) is 0 Å². The Labute approximate surface area is 220 Å². The van der Waals surface area contributed by atoms with Crippen molar-refractivity contribution >= 4 is 34.0 Å². The molecule has 0 saturated carbocycles. The third kappa shape index (κ3) is 6.42. The molecule has 0 aliphatic carbocycles. The van der Waals surface area contributed by atoms with Crippen LogP contribution in [0.4, 0.5) is 4.39 Å². The van der Waals surface area contributed by atoms with Crippen molar-refractivity contribution in [3.05, 3.63) is 76.2 Å². The molecule has 0 spiro atoms. The first-order valence-corrected chi connectivity index (χ1v) is 14.3. The van der Waals surface area contributed by atoms with Gasteiger partial charge in [0.2, 0.25) is 0 Å². The molecule has 1 nitrogen and oxygen atoms in total. The summed E-state index contributed by atoms with van der Waals surface area (Å²) in [5.41, 5.74) is 4.64. The molecule has 190 valence electrons. The maximum absolute atomic E-state index is 15.4. The standard InChI is InChI=1S/C33H39FOS/c1-3-5-7-8-9-10-12-14-26-19-22-29-28-21-20-27(23-30(28)33(36)35-32(29)31(26)34)25-17-15-24(16-18-25)13-11-6-4-2/h15-23H,3-14H2,1-2H3. The first-order valence-electron chi connectivity index (χ1n) is 13.9. The Morgan fingerprint density at radius 3 is 2.00 bits per heavy atom. The molecule has 36 heavy (non-hydrogen) atoms. The summed E-state index contributed by atoms with van der Waals surface area (Å²) < 4.78 is 21.7. The Hall–Kier alpha value is -2.52. The molecule has 4 aromatic rings. The summed E-state index contributed by atoms with van der Waals surface area (Å²) >= 11 is 5.60. The largest absolute Gasteiger partial charge is 0.441 e. The van der Waals surface area contributed by atoms with E-state index >= 15 is 4.39 Å². The van der Waals surface area contributed by atoms with Crippen LogP contribution in [0.5, 0.6) is 0 Å². The molecule has 0 amide bonds. The zero-order valence-corrected chi connectivity index (χ0v) is 22.7. The Bertz CT molecular complexity index is 1340. The highest BCUT2D eigenvalue weighted by atomic mass is 32.1. The van der Waals surface area contributed by atoms with Crippen LogP contribution in [0.1, 0.15) is 89.2 Å². The van der Waals surface area contributed by atoms with Crippen molar-refractivity contribution in [3.8, 4) is 11.1 Å². The summed E-state index contributed by atoms with van der Waals surface area (Å²) in [7, 11) is 0. The third-order valence-corrected chi connectivity index (χ3v) is 7.61. The van der Waals surface area contributed by atoms with Gasteiger partial charge in [0.05, 0.1) is 0 Å². The van der Waals surface area contributed by atoms with E-state index in [1.54, 1.807) is 0 Å². The molecule has 4 rings (SSSR count). The quantitative estimate of drug-likeness (QED) is 0.102. The van der Waals surface area contributed by atoms with E-state index in [4.69, 9.17) is 16.6 Å². The Balaban J connectivity index is 1.53. The van der Waals surface area contributed by atoms with Gasteiger partial charge in [-0.3, -0.25) is 0 Å². The lowest BCUT2D eigenvalue weighted by Crippen LogP contribution is -1.94. The minimum absolute atomic E-state index is 0.255. The number of hydrogen-bond donors (Lipinski definition) is 0. The van der Waals surface area contributed by atoms with Crippen molar-refractivity contribution in [1.29, 1.82) is 0 Å². The minimum atomic E-state index is -0.255. The van der Waals surface area contributed by atoms with Crippen molar-refractivity contribution in [2.45, 2.75) is 90.9 Å². The molecule has 0 fully saturated rings. The van der Waals surface area contributed by atoms with Crippen LogP contribution in [0.2, 0.25) is 0 Å². The zero-order valence-electron chi connectivity index (χ0n) is 21.9. The SMILES string of the molecule is CCCCCCCCCc1ccc2c(oc(=S)c3cc(-c4ccc(CCCCC)cc4)ccc32)c1F. The number of halogens is 1. The first kappa shape index (κ1) is 26.5. The van der Waals surface area contributed by atoms with E-state index < -0.39 is 0 Å². The molecule has 3 aromatic carbocycles.